The van der Waals surface area contributed by atoms with Gasteiger partial charge >= 0.3 is 0 Å². The van der Waals surface area contributed by atoms with Gasteiger partial charge in [0, 0.05) is 26.1 Å². The molecule has 2 N–H and O–H groups in total. The number of carbonyl (C=O) groups excluding carboxylic acids is 1. The van der Waals surface area contributed by atoms with Crippen molar-refractivity contribution in [3.05, 3.63) is 53.8 Å². The van der Waals surface area contributed by atoms with Gasteiger partial charge in [0.2, 0.25) is 15.9 Å². The molecule has 0 aromatic heterocycles. The van der Waals surface area contributed by atoms with Crippen LogP contribution in [0.4, 0.5) is 15.8 Å². The molecular weight excluding hydrogens is 393 g/mol. The molecule has 0 saturated heterocycles. The summed E-state index contributed by atoms with van der Waals surface area (Å²) in [6.45, 7) is 6.82. The summed E-state index contributed by atoms with van der Waals surface area (Å²) >= 11 is 0. The number of hydrogen-bond acceptors (Lipinski definition) is 4. The molecule has 2 aromatic carbocycles. The summed E-state index contributed by atoms with van der Waals surface area (Å²) < 4.78 is 40.3. The maximum Gasteiger partial charge on any atom is 0.243 e. The van der Waals surface area contributed by atoms with E-state index in [-0.39, 0.29) is 23.0 Å². The molecule has 0 unspecified atom stereocenters. The number of nitrogens with one attached hydrogen (secondary N) is 2. The Morgan fingerprint density at radius 3 is 2.38 bits per heavy atom. The first-order valence-corrected chi connectivity index (χ1v) is 11.2. The minimum absolute atomic E-state index is 0.128. The minimum atomic E-state index is -3.64. The van der Waals surface area contributed by atoms with Crippen LogP contribution >= 0.6 is 0 Å². The first kappa shape index (κ1) is 22.8. The topological polar surface area (TPSA) is 78.5 Å². The van der Waals surface area contributed by atoms with E-state index < -0.39 is 10.0 Å². The van der Waals surface area contributed by atoms with Crippen molar-refractivity contribution in [3.8, 4) is 0 Å². The first-order chi connectivity index (χ1) is 13.8. The Morgan fingerprint density at radius 2 is 1.76 bits per heavy atom. The van der Waals surface area contributed by atoms with Gasteiger partial charge in [0.1, 0.15) is 5.82 Å². The Labute approximate surface area is 172 Å². The second-order valence-electron chi connectivity index (χ2n) is 6.51. The molecule has 0 radical (unpaired) electrons. The van der Waals surface area contributed by atoms with E-state index in [1.54, 1.807) is 32.0 Å². The average Bonchev–Trinajstić information content (AvgIpc) is 2.68. The number of benzene rings is 2. The zero-order valence-electron chi connectivity index (χ0n) is 17.0. The lowest BCUT2D eigenvalue weighted by Gasteiger charge is -2.20. The van der Waals surface area contributed by atoms with Crippen LogP contribution in [0.2, 0.25) is 0 Å². The number of nitrogens with zero attached hydrogens (tertiary/aromatic N) is 1. The lowest BCUT2D eigenvalue weighted by atomic mass is 10.1. The summed E-state index contributed by atoms with van der Waals surface area (Å²) in [6.07, 6.45) is 0.541. The van der Waals surface area contributed by atoms with Crippen LogP contribution in [-0.4, -0.2) is 38.3 Å². The van der Waals surface area contributed by atoms with E-state index in [2.05, 4.69) is 10.6 Å². The van der Waals surface area contributed by atoms with Gasteiger partial charge in [-0.3, -0.25) is 4.79 Å². The van der Waals surface area contributed by atoms with Crippen LogP contribution in [-0.2, 0) is 21.2 Å². The predicted molar refractivity (Wildman–Crippen MR) is 114 cm³/mol. The molecular formula is C21H28FN3O3S. The molecule has 0 saturated carbocycles. The molecule has 6 nitrogen and oxygen atoms in total. The number of aryl methyl sites for hydroxylation is 1. The Morgan fingerprint density at radius 1 is 1.03 bits per heavy atom. The van der Waals surface area contributed by atoms with Crippen molar-refractivity contribution >= 4 is 27.3 Å². The minimum Gasteiger partial charge on any atom is -0.384 e. The standard InChI is InChI=1S/C21H28FN3O3S/c1-4-23-19-12-11-18(29(27,28)25(5-2)6-3)15-20(19)24-21(26)13-10-16-8-7-9-17(22)14-16/h7-9,11-12,14-15,23H,4-6,10,13H2,1-3H3,(H,24,26). The third-order valence-electron chi connectivity index (χ3n) is 4.51. The van der Waals surface area contributed by atoms with E-state index in [0.717, 1.165) is 5.56 Å². The highest BCUT2D eigenvalue weighted by Crippen LogP contribution is 2.27. The van der Waals surface area contributed by atoms with Gasteiger partial charge in [0.15, 0.2) is 0 Å². The van der Waals surface area contributed by atoms with E-state index in [1.165, 1.54) is 28.6 Å². The van der Waals surface area contributed by atoms with E-state index in [0.29, 0.717) is 37.4 Å². The summed E-state index contributed by atoms with van der Waals surface area (Å²) in [7, 11) is -3.64. The van der Waals surface area contributed by atoms with Gasteiger partial charge in [-0.1, -0.05) is 26.0 Å². The zero-order valence-corrected chi connectivity index (χ0v) is 17.9. The third-order valence-corrected chi connectivity index (χ3v) is 6.55. The van der Waals surface area contributed by atoms with Gasteiger partial charge < -0.3 is 10.6 Å². The van der Waals surface area contributed by atoms with Crippen molar-refractivity contribution < 1.29 is 17.6 Å². The summed E-state index contributed by atoms with van der Waals surface area (Å²) in [5.41, 5.74) is 1.78. The fraction of sp³-hybridized carbons (Fsp3) is 0.381. The lowest BCUT2D eigenvalue weighted by Crippen LogP contribution is -2.30. The maximum atomic E-state index is 13.3. The molecule has 0 spiro atoms. The van der Waals surface area contributed by atoms with Crippen LogP contribution in [0.15, 0.2) is 47.4 Å². The normalized spacial score (nSPS) is 11.5. The fourth-order valence-corrected chi connectivity index (χ4v) is 4.49. The van der Waals surface area contributed by atoms with Crippen LogP contribution in [0.5, 0.6) is 0 Å². The lowest BCUT2D eigenvalue weighted by molar-refractivity contribution is -0.116. The van der Waals surface area contributed by atoms with Gasteiger partial charge in [-0.05, 0) is 49.2 Å². The maximum absolute atomic E-state index is 13.3. The number of rotatable bonds is 10. The number of carbonyl (C=O) groups is 1. The molecule has 0 aliphatic carbocycles. The Kier molecular flexibility index (Phi) is 8.16. The van der Waals surface area contributed by atoms with Crippen molar-refractivity contribution in [1.29, 1.82) is 0 Å². The van der Waals surface area contributed by atoms with Gasteiger partial charge in [-0.2, -0.15) is 4.31 Å². The smallest absolute Gasteiger partial charge is 0.243 e. The van der Waals surface area contributed by atoms with Crippen LogP contribution in [0, 0.1) is 5.82 Å². The van der Waals surface area contributed by atoms with Gasteiger partial charge in [-0.15, -0.1) is 0 Å². The highest BCUT2D eigenvalue weighted by Gasteiger charge is 2.23. The molecule has 0 aliphatic heterocycles. The first-order valence-electron chi connectivity index (χ1n) is 9.74. The third kappa shape index (κ3) is 6.01. The summed E-state index contributed by atoms with van der Waals surface area (Å²) in [5, 5.41) is 5.92. The molecule has 2 aromatic rings. The molecule has 0 fully saturated rings. The van der Waals surface area contributed by atoms with Crippen LogP contribution in [0.25, 0.3) is 0 Å². The highest BCUT2D eigenvalue weighted by atomic mass is 32.2. The molecule has 0 atom stereocenters. The molecule has 29 heavy (non-hydrogen) atoms. The predicted octanol–water partition coefficient (Wildman–Crippen LogP) is 3.86. The zero-order chi connectivity index (χ0) is 21.4. The van der Waals surface area contributed by atoms with Crippen molar-refractivity contribution in [2.75, 3.05) is 30.3 Å². The largest absolute Gasteiger partial charge is 0.384 e. The van der Waals surface area contributed by atoms with Gasteiger partial charge in [-0.25, -0.2) is 12.8 Å². The molecule has 158 valence electrons. The average molecular weight is 422 g/mol. The van der Waals surface area contributed by atoms with Crippen molar-refractivity contribution in [2.24, 2.45) is 0 Å². The Hall–Kier alpha value is -2.45. The Bertz CT molecular complexity index is 944. The number of halogens is 1. The molecule has 2 rings (SSSR count). The summed E-state index contributed by atoms with van der Waals surface area (Å²) in [5.74, 6) is -0.613. The quantitative estimate of drug-likeness (QED) is 0.611. The van der Waals surface area contributed by atoms with Crippen molar-refractivity contribution in [2.45, 2.75) is 38.5 Å². The molecule has 1 amide bonds. The second-order valence-corrected chi connectivity index (χ2v) is 8.44. The second kappa shape index (κ2) is 10.4. The monoisotopic (exact) mass is 421 g/mol. The number of hydrogen-bond donors (Lipinski definition) is 2. The van der Waals surface area contributed by atoms with Crippen molar-refractivity contribution in [1.82, 2.24) is 4.31 Å². The van der Waals surface area contributed by atoms with E-state index in [1.807, 2.05) is 6.92 Å². The van der Waals surface area contributed by atoms with Gasteiger partial charge in [0.25, 0.3) is 0 Å². The van der Waals surface area contributed by atoms with E-state index in [9.17, 15) is 17.6 Å². The molecule has 0 aliphatic rings. The molecule has 0 heterocycles. The Balaban J connectivity index is 2.21. The number of amides is 1. The van der Waals surface area contributed by atoms with E-state index in [4.69, 9.17) is 0 Å². The van der Waals surface area contributed by atoms with Crippen molar-refractivity contribution in [3.63, 3.8) is 0 Å². The fourth-order valence-electron chi connectivity index (χ4n) is 3.01. The van der Waals surface area contributed by atoms with Crippen LogP contribution in [0.3, 0.4) is 0 Å². The van der Waals surface area contributed by atoms with Gasteiger partial charge in [0.05, 0.1) is 16.3 Å². The number of sulfonamides is 1. The number of anilines is 2. The molecule has 0 bridgehead atoms. The summed E-state index contributed by atoms with van der Waals surface area (Å²) in [4.78, 5) is 12.6. The SMILES string of the molecule is CCNc1ccc(S(=O)(=O)N(CC)CC)cc1NC(=O)CCc1cccc(F)c1. The van der Waals surface area contributed by atoms with E-state index >= 15 is 0 Å². The molecule has 8 heteroatoms. The highest BCUT2D eigenvalue weighted by molar-refractivity contribution is 7.89. The summed E-state index contributed by atoms with van der Waals surface area (Å²) in [6, 6.07) is 10.8. The van der Waals surface area contributed by atoms with Crippen LogP contribution in [0.1, 0.15) is 32.8 Å². The van der Waals surface area contributed by atoms with Crippen LogP contribution < -0.4 is 10.6 Å².